The van der Waals surface area contributed by atoms with Gasteiger partial charge in [-0.1, -0.05) is 70.2 Å². The lowest BCUT2D eigenvalue weighted by molar-refractivity contribution is -0.385. The topological polar surface area (TPSA) is 72.2 Å². The van der Waals surface area contributed by atoms with Crippen molar-refractivity contribution >= 4 is 33.5 Å². The number of benzene rings is 3. The van der Waals surface area contributed by atoms with Gasteiger partial charge < -0.3 is 5.32 Å². The number of anilines is 1. The van der Waals surface area contributed by atoms with E-state index in [0.717, 1.165) is 45.2 Å². The molecule has 0 aromatic heterocycles. The Kier molecular flexibility index (Phi) is 4.89. The fourth-order valence-corrected chi connectivity index (χ4v) is 5.47. The average molecular weight is 441 g/mol. The van der Waals surface area contributed by atoms with E-state index in [9.17, 15) is 14.9 Å². The molecule has 5 rings (SSSR count). The molecule has 0 saturated heterocycles. The molecule has 33 heavy (non-hydrogen) atoms. The van der Waals surface area contributed by atoms with Crippen molar-refractivity contribution in [2.24, 2.45) is 5.41 Å². The Morgan fingerprint density at radius 2 is 1.82 bits per heavy atom. The number of allylic oxidation sites excluding steroid dienone is 1. The third kappa shape index (κ3) is 3.52. The van der Waals surface area contributed by atoms with Gasteiger partial charge in [-0.05, 0) is 45.7 Å². The second-order valence-corrected chi connectivity index (χ2v) is 10.3. The maximum Gasteiger partial charge on any atom is 0.273 e. The van der Waals surface area contributed by atoms with Gasteiger partial charge in [0.05, 0.1) is 11.0 Å². The molecule has 5 heteroatoms. The van der Waals surface area contributed by atoms with Crippen molar-refractivity contribution < 1.29 is 9.72 Å². The van der Waals surface area contributed by atoms with E-state index in [4.69, 9.17) is 0 Å². The van der Waals surface area contributed by atoms with Crippen LogP contribution in [0.5, 0.6) is 0 Å². The number of hydrogen-bond acceptors (Lipinski definition) is 4. The van der Waals surface area contributed by atoms with Crippen molar-refractivity contribution in [2.45, 2.75) is 52.5 Å². The zero-order valence-corrected chi connectivity index (χ0v) is 19.4. The summed E-state index contributed by atoms with van der Waals surface area (Å²) in [7, 11) is 0. The van der Waals surface area contributed by atoms with Crippen LogP contribution in [0.2, 0.25) is 0 Å². The number of nitro groups is 1. The SMILES string of the molecule is CC(C)c1ccc([C@@H]2Nc3ccc4ccccc4c3C3=C2C(=O)CC(C)(C)C3)cc1[N+](=O)[O-]. The fraction of sp³-hybridized carbons (Fsp3) is 0.321. The molecule has 5 nitrogen and oxygen atoms in total. The van der Waals surface area contributed by atoms with Gasteiger partial charge in [0.25, 0.3) is 5.69 Å². The van der Waals surface area contributed by atoms with Crippen LogP contribution >= 0.6 is 0 Å². The van der Waals surface area contributed by atoms with Crippen molar-refractivity contribution in [3.63, 3.8) is 0 Å². The molecule has 0 radical (unpaired) electrons. The largest absolute Gasteiger partial charge is 0.373 e. The summed E-state index contributed by atoms with van der Waals surface area (Å²) in [5.74, 6) is 0.158. The van der Waals surface area contributed by atoms with Gasteiger partial charge in [0.15, 0.2) is 5.78 Å². The molecule has 0 bridgehead atoms. The highest BCUT2D eigenvalue weighted by Crippen LogP contribution is 2.52. The monoisotopic (exact) mass is 440 g/mol. The number of carbonyl (C=O) groups is 1. The van der Waals surface area contributed by atoms with Crippen LogP contribution in [0.1, 0.15) is 69.2 Å². The van der Waals surface area contributed by atoms with E-state index in [0.29, 0.717) is 12.0 Å². The first-order valence-corrected chi connectivity index (χ1v) is 11.5. The lowest BCUT2D eigenvalue weighted by atomic mass is 9.68. The predicted octanol–water partition coefficient (Wildman–Crippen LogP) is 7.18. The Hall–Kier alpha value is -3.47. The fourth-order valence-electron chi connectivity index (χ4n) is 5.47. The van der Waals surface area contributed by atoms with Crippen LogP contribution in [0.4, 0.5) is 11.4 Å². The lowest BCUT2D eigenvalue weighted by Crippen LogP contribution is -2.33. The molecule has 0 fully saturated rings. The maximum absolute atomic E-state index is 13.5. The van der Waals surface area contributed by atoms with Crippen molar-refractivity contribution in [1.29, 1.82) is 0 Å². The zero-order chi connectivity index (χ0) is 23.5. The molecule has 3 aromatic carbocycles. The number of nitro benzene ring substituents is 1. The first kappa shape index (κ1) is 21.4. The van der Waals surface area contributed by atoms with Gasteiger partial charge in [0, 0.05) is 34.9 Å². The van der Waals surface area contributed by atoms with Crippen LogP contribution in [0, 0.1) is 15.5 Å². The number of rotatable bonds is 3. The van der Waals surface area contributed by atoms with E-state index >= 15 is 0 Å². The maximum atomic E-state index is 13.5. The van der Waals surface area contributed by atoms with Crippen molar-refractivity contribution in [2.75, 3.05) is 5.32 Å². The predicted molar refractivity (Wildman–Crippen MR) is 132 cm³/mol. The van der Waals surface area contributed by atoms with Gasteiger partial charge in [-0.3, -0.25) is 14.9 Å². The number of nitrogens with zero attached hydrogens (tertiary/aromatic N) is 1. The van der Waals surface area contributed by atoms with E-state index in [1.54, 1.807) is 6.07 Å². The molecule has 2 aliphatic rings. The molecule has 3 aromatic rings. The van der Waals surface area contributed by atoms with E-state index in [1.807, 2.05) is 38.1 Å². The molecule has 1 aliphatic carbocycles. The van der Waals surface area contributed by atoms with Crippen molar-refractivity contribution in [1.82, 2.24) is 0 Å². The summed E-state index contributed by atoms with van der Waals surface area (Å²) in [4.78, 5) is 25.1. The number of fused-ring (bicyclic) bond motifs is 4. The van der Waals surface area contributed by atoms with Gasteiger partial charge in [-0.15, -0.1) is 0 Å². The van der Waals surface area contributed by atoms with Crippen LogP contribution in [-0.4, -0.2) is 10.7 Å². The summed E-state index contributed by atoms with van der Waals surface area (Å²) in [5.41, 5.74) is 5.32. The van der Waals surface area contributed by atoms with Crippen molar-refractivity contribution in [3.05, 3.63) is 87.0 Å². The second-order valence-electron chi connectivity index (χ2n) is 10.3. The molecule has 1 heterocycles. The van der Waals surface area contributed by atoms with Gasteiger partial charge in [0.2, 0.25) is 0 Å². The molecule has 0 unspecified atom stereocenters. The number of carbonyl (C=O) groups excluding carboxylic acids is 1. The zero-order valence-electron chi connectivity index (χ0n) is 19.4. The minimum absolute atomic E-state index is 0.0396. The summed E-state index contributed by atoms with van der Waals surface area (Å²) in [6.45, 7) is 8.18. The minimum atomic E-state index is -0.405. The van der Waals surface area contributed by atoms with E-state index in [2.05, 4.69) is 43.4 Å². The molecule has 0 saturated carbocycles. The number of Topliss-reactive ketones (excluding diaryl/α,β-unsaturated/α-hetero) is 1. The Bertz CT molecular complexity index is 1350. The quantitative estimate of drug-likeness (QED) is 0.346. The van der Waals surface area contributed by atoms with E-state index in [1.165, 1.54) is 0 Å². The molecular weight excluding hydrogens is 412 g/mol. The Morgan fingerprint density at radius 3 is 2.55 bits per heavy atom. The van der Waals surface area contributed by atoms with Crippen LogP contribution in [-0.2, 0) is 4.79 Å². The van der Waals surface area contributed by atoms with Gasteiger partial charge in [-0.25, -0.2) is 0 Å². The van der Waals surface area contributed by atoms with E-state index in [-0.39, 0.29) is 27.7 Å². The Morgan fingerprint density at radius 1 is 1.06 bits per heavy atom. The summed E-state index contributed by atoms with van der Waals surface area (Å²) >= 11 is 0. The third-order valence-electron chi connectivity index (χ3n) is 6.95. The van der Waals surface area contributed by atoms with Crippen LogP contribution < -0.4 is 5.32 Å². The Labute approximate surface area is 193 Å². The molecule has 168 valence electrons. The minimum Gasteiger partial charge on any atom is -0.373 e. The molecule has 1 N–H and O–H groups in total. The molecular formula is C28H28N2O3. The number of hydrogen-bond donors (Lipinski definition) is 1. The molecule has 1 aliphatic heterocycles. The van der Waals surface area contributed by atoms with Gasteiger partial charge in [-0.2, -0.15) is 0 Å². The normalized spacial score (nSPS) is 19.3. The van der Waals surface area contributed by atoms with Gasteiger partial charge in [0.1, 0.15) is 0 Å². The summed E-state index contributed by atoms with van der Waals surface area (Å²) in [6.07, 6.45) is 1.26. The highest BCUT2D eigenvalue weighted by atomic mass is 16.6. The number of nitrogens with one attached hydrogen (secondary N) is 1. The second kappa shape index (κ2) is 7.55. The molecule has 0 spiro atoms. The van der Waals surface area contributed by atoms with Gasteiger partial charge >= 0.3 is 0 Å². The average Bonchev–Trinajstić information content (AvgIpc) is 2.76. The first-order valence-electron chi connectivity index (χ1n) is 11.5. The van der Waals surface area contributed by atoms with Crippen LogP contribution in [0.25, 0.3) is 16.3 Å². The highest BCUT2D eigenvalue weighted by Gasteiger charge is 2.41. The smallest absolute Gasteiger partial charge is 0.273 e. The molecule has 1 atom stereocenters. The van der Waals surface area contributed by atoms with Crippen LogP contribution in [0.3, 0.4) is 0 Å². The number of ketones is 1. The standard InChI is InChI=1S/C28H28N2O3/c1-16(2)19-11-9-18(13-23(19)30(32)33)27-26-21(14-28(3,4)15-24(26)31)25-20-8-6-5-7-17(20)10-12-22(25)29-27/h5-13,16,27,29H,14-15H2,1-4H3/t27-/m0/s1. The van der Waals surface area contributed by atoms with Crippen LogP contribution in [0.15, 0.2) is 60.2 Å². The summed E-state index contributed by atoms with van der Waals surface area (Å²) < 4.78 is 0. The summed E-state index contributed by atoms with van der Waals surface area (Å²) in [6, 6.07) is 17.4. The molecule has 0 amide bonds. The van der Waals surface area contributed by atoms with E-state index < -0.39 is 6.04 Å². The lowest BCUT2D eigenvalue weighted by Gasteiger charge is -2.40. The first-order chi connectivity index (χ1) is 15.7. The Balaban J connectivity index is 1.76. The highest BCUT2D eigenvalue weighted by molar-refractivity contribution is 6.12. The third-order valence-corrected chi connectivity index (χ3v) is 6.95. The summed E-state index contributed by atoms with van der Waals surface area (Å²) in [5, 5.41) is 17.7. The van der Waals surface area contributed by atoms with Crippen molar-refractivity contribution in [3.8, 4) is 0 Å².